The quantitative estimate of drug-likeness (QED) is 0.498. The third-order valence-corrected chi connectivity index (χ3v) is 4.44. The minimum Gasteiger partial charge on any atom is -0.465 e. The molecule has 3 aromatic rings. The molecule has 0 unspecified atom stereocenters. The standard InChI is InChI=1S/C18H15FN4O4S/c19-10-2-1-3-11(8-10)27-15-7-4-12(28-15)9-21-17(24)13-5-6-14(22-16(13)20)23-18(25)26/h1-8H,9H2,(H,21,24)(H,25,26)(H3,20,22,23). The van der Waals surface area contributed by atoms with Crippen molar-refractivity contribution in [3.8, 4) is 10.8 Å². The Hall–Kier alpha value is -3.66. The number of aromatic nitrogens is 1. The molecular weight excluding hydrogens is 387 g/mol. The van der Waals surface area contributed by atoms with Gasteiger partial charge in [0.15, 0.2) is 5.06 Å². The van der Waals surface area contributed by atoms with Crippen LogP contribution in [0.3, 0.4) is 0 Å². The van der Waals surface area contributed by atoms with E-state index in [9.17, 15) is 14.0 Å². The number of hydrogen-bond acceptors (Lipinski definition) is 6. The van der Waals surface area contributed by atoms with Gasteiger partial charge in [-0.25, -0.2) is 14.2 Å². The Labute approximate surface area is 162 Å². The summed E-state index contributed by atoms with van der Waals surface area (Å²) in [5, 5.41) is 14.0. The number of ether oxygens (including phenoxy) is 1. The van der Waals surface area contributed by atoms with Gasteiger partial charge >= 0.3 is 6.09 Å². The van der Waals surface area contributed by atoms with Gasteiger partial charge in [-0.15, -0.1) is 11.3 Å². The lowest BCUT2D eigenvalue weighted by Crippen LogP contribution is -2.24. The number of thiophene rings is 1. The van der Waals surface area contributed by atoms with E-state index in [-0.39, 0.29) is 23.7 Å². The molecule has 0 aliphatic heterocycles. The number of nitrogens with two attached hydrogens (primary N) is 1. The van der Waals surface area contributed by atoms with Crippen molar-refractivity contribution in [1.29, 1.82) is 0 Å². The van der Waals surface area contributed by atoms with Crippen molar-refractivity contribution in [3.05, 3.63) is 64.8 Å². The van der Waals surface area contributed by atoms with Crippen LogP contribution in [0.1, 0.15) is 15.2 Å². The maximum absolute atomic E-state index is 13.2. The number of carbonyl (C=O) groups is 2. The summed E-state index contributed by atoms with van der Waals surface area (Å²) >= 11 is 1.30. The molecule has 0 aliphatic carbocycles. The molecular formula is C18H15FN4O4S. The number of carbonyl (C=O) groups excluding carboxylic acids is 1. The summed E-state index contributed by atoms with van der Waals surface area (Å²) in [5.41, 5.74) is 5.84. The molecule has 28 heavy (non-hydrogen) atoms. The molecule has 0 saturated heterocycles. The van der Waals surface area contributed by atoms with Gasteiger partial charge < -0.3 is 20.9 Å². The average molecular weight is 402 g/mol. The van der Waals surface area contributed by atoms with E-state index in [0.717, 1.165) is 4.88 Å². The maximum atomic E-state index is 13.2. The van der Waals surface area contributed by atoms with E-state index < -0.39 is 17.8 Å². The second-order valence-electron chi connectivity index (χ2n) is 5.52. The molecule has 0 atom stereocenters. The van der Waals surface area contributed by atoms with Gasteiger partial charge in [0.25, 0.3) is 5.91 Å². The Morgan fingerprint density at radius 2 is 2.04 bits per heavy atom. The fraction of sp³-hybridized carbons (Fsp3) is 0.0556. The first kappa shape index (κ1) is 19.1. The lowest BCUT2D eigenvalue weighted by Gasteiger charge is -2.08. The first-order valence-corrected chi connectivity index (χ1v) is 8.79. The largest absolute Gasteiger partial charge is 0.465 e. The molecule has 1 aromatic carbocycles. The van der Waals surface area contributed by atoms with Crippen LogP contribution >= 0.6 is 11.3 Å². The van der Waals surface area contributed by atoms with Gasteiger partial charge in [0.05, 0.1) is 12.1 Å². The fourth-order valence-electron chi connectivity index (χ4n) is 2.26. The zero-order chi connectivity index (χ0) is 20.1. The SMILES string of the molecule is Nc1nc(NC(=O)O)ccc1C(=O)NCc1ccc(Oc2cccc(F)c2)s1. The van der Waals surface area contributed by atoms with Crippen molar-refractivity contribution in [1.82, 2.24) is 10.3 Å². The zero-order valence-electron chi connectivity index (χ0n) is 14.3. The van der Waals surface area contributed by atoms with Gasteiger partial charge in [0, 0.05) is 10.9 Å². The normalized spacial score (nSPS) is 10.3. The summed E-state index contributed by atoms with van der Waals surface area (Å²) in [6, 6.07) is 12.0. The third-order valence-electron chi connectivity index (χ3n) is 3.48. The Morgan fingerprint density at radius 1 is 1.21 bits per heavy atom. The van der Waals surface area contributed by atoms with Gasteiger partial charge in [-0.2, -0.15) is 0 Å². The molecule has 3 rings (SSSR count). The number of hydrogen-bond donors (Lipinski definition) is 4. The molecule has 0 fully saturated rings. The highest BCUT2D eigenvalue weighted by atomic mass is 32.1. The molecule has 144 valence electrons. The van der Waals surface area contributed by atoms with Crippen LogP contribution in [-0.4, -0.2) is 22.1 Å². The number of nitrogens with one attached hydrogen (secondary N) is 2. The molecule has 10 heteroatoms. The fourth-order valence-corrected chi connectivity index (χ4v) is 3.08. The molecule has 0 radical (unpaired) electrons. The number of rotatable bonds is 6. The molecule has 0 saturated carbocycles. The number of nitrogens with zero attached hydrogens (tertiary/aromatic N) is 1. The minimum atomic E-state index is -1.28. The predicted octanol–water partition coefficient (Wildman–Crippen LogP) is 3.68. The average Bonchev–Trinajstić information content (AvgIpc) is 3.06. The van der Waals surface area contributed by atoms with Crippen LogP contribution in [0.4, 0.5) is 20.8 Å². The summed E-state index contributed by atoms with van der Waals surface area (Å²) in [6.45, 7) is 0.227. The Balaban J connectivity index is 1.59. The Kier molecular flexibility index (Phi) is 5.70. The van der Waals surface area contributed by atoms with E-state index in [0.29, 0.717) is 10.8 Å². The smallest absolute Gasteiger partial charge is 0.410 e. The molecule has 5 N–H and O–H groups in total. The second-order valence-corrected chi connectivity index (χ2v) is 6.65. The molecule has 8 nitrogen and oxygen atoms in total. The summed E-state index contributed by atoms with van der Waals surface area (Å²) in [5.74, 6) is -0.527. The summed E-state index contributed by atoms with van der Waals surface area (Å²) in [6.07, 6.45) is -1.28. The van der Waals surface area contributed by atoms with Crippen LogP contribution in [0.15, 0.2) is 48.5 Å². The van der Waals surface area contributed by atoms with Gasteiger partial charge in [-0.05, 0) is 36.4 Å². The van der Waals surface area contributed by atoms with E-state index in [4.69, 9.17) is 15.6 Å². The lowest BCUT2D eigenvalue weighted by molar-refractivity contribution is 0.0952. The Morgan fingerprint density at radius 3 is 2.75 bits per heavy atom. The first-order valence-electron chi connectivity index (χ1n) is 7.97. The summed E-state index contributed by atoms with van der Waals surface area (Å²) in [4.78, 5) is 27.5. The number of carboxylic acid groups (broad SMARTS) is 1. The molecule has 2 heterocycles. The molecule has 0 aliphatic rings. The number of benzene rings is 1. The van der Waals surface area contributed by atoms with Gasteiger partial charge in [-0.3, -0.25) is 10.1 Å². The van der Waals surface area contributed by atoms with Gasteiger partial charge in [0.2, 0.25) is 0 Å². The van der Waals surface area contributed by atoms with E-state index in [1.54, 1.807) is 24.3 Å². The zero-order valence-corrected chi connectivity index (χ0v) is 15.1. The number of nitrogen functional groups attached to an aromatic ring is 1. The highest BCUT2D eigenvalue weighted by molar-refractivity contribution is 7.13. The number of amides is 2. The van der Waals surface area contributed by atoms with E-state index >= 15 is 0 Å². The van der Waals surface area contributed by atoms with Crippen LogP contribution in [0.5, 0.6) is 10.8 Å². The number of halogens is 1. The van der Waals surface area contributed by atoms with Gasteiger partial charge in [-0.1, -0.05) is 6.07 Å². The summed E-state index contributed by atoms with van der Waals surface area (Å²) in [7, 11) is 0. The van der Waals surface area contributed by atoms with Crippen LogP contribution in [0.2, 0.25) is 0 Å². The van der Waals surface area contributed by atoms with E-state index in [1.165, 1.54) is 35.6 Å². The van der Waals surface area contributed by atoms with Crippen LogP contribution in [-0.2, 0) is 6.54 Å². The minimum absolute atomic E-state index is 0.0268. The molecule has 0 bridgehead atoms. The van der Waals surface area contributed by atoms with Crippen LogP contribution < -0.4 is 21.1 Å². The van der Waals surface area contributed by atoms with Crippen molar-refractivity contribution >= 4 is 35.0 Å². The van der Waals surface area contributed by atoms with E-state index in [1.807, 2.05) is 0 Å². The summed E-state index contributed by atoms with van der Waals surface area (Å²) < 4.78 is 18.8. The monoisotopic (exact) mass is 402 g/mol. The predicted molar refractivity (Wildman–Crippen MR) is 102 cm³/mol. The van der Waals surface area contributed by atoms with Crippen LogP contribution in [0, 0.1) is 5.82 Å². The number of anilines is 2. The van der Waals surface area contributed by atoms with E-state index in [2.05, 4.69) is 15.6 Å². The third kappa shape index (κ3) is 4.95. The van der Waals surface area contributed by atoms with Crippen molar-refractivity contribution in [3.63, 3.8) is 0 Å². The highest BCUT2D eigenvalue weighted by Gasteiger charge is 2.13. The van der Waals surface area contributed by atoms with Crippen molar-refractivity contribution in [2.75, 3.05) is 11.1 Å². The van der Waals surface area contributed by atoms with Crippen molar-refractivity contribution in [2.24, 2.45) is 0 Å². The highest BCUT2D eigenvalue weighted by Crippen LogP contribution is 2.29. The van der Waals surface area contributed by atoms with Gasteiger partial charge in [0.1, 0.15) is 23.2 Å². The topological polar surface area (TPSA) is 127 Å². The van der Waals surface area contributed by atoms with Crippen molar-refractivity contribution in [2.45, 2.75) is 6.54 Å². The number of pyridine rings is 1. The van der Waals surface area contributed by atoms with Crippen molar-refractivity contribution < 1.29 is 23.8 Å². The molecule has 0 spiro atoms. The second kappa shape index (κ2) is 8.35. The van der Waals surface area contributed by atoms with Crippen LogP contribution in [0.25, 0.3) is 0 Å². The Bertz CT molecular complexity index is 1020. The lowest BCUT2D eigenvalue weighted by atomic mass is 10.2. The molecule has 2 amide bonds. The maximum Gasteiger partial charge on any atom is 0.410 e. The first-order chi connectivity index (χ1) is 13.4. The molecule has 2 aromatic heterocycles.